The van der Waals surface area contributed by atoms with Gasteiger partial charge in [0, 0.05) is 23.7 Å². The molecule has 0 spiro atoms. The average Bonchev–Trinajstić information content (AvgIpc) is 2.66. The zero-order chi connectivity index (χ0) is 20.0. The summed E-state index contributed by atoms with van der Waals surface area (Å²) < 4.78 is 4.99. The predicted octanol–water partition coefficient (Wildman–Crippen LogP) is 0.851. The second-order valence-corrected chi connectivity index (χ2v) is 5.50. The Kier molecular flexibility index (Phi) is 6.10. The number of carbonyl (C=O) groups excluding carboxylic acids is 2. The number of amides is 2. The number of nitrogen functional groups attached to an aromatic ring is 1. The van der Waals surface area contributed by atoms with Crippen LogP contribution in [-0.2, 0) is 4.79 Å². The lowest BCUT2D eigenvalue weighted by Crippen LogP contribution is -2.43. The van der Waals surface area contributed by atoms with Gasteiger partial charge in [-0.05, 0) is 36.4 Å². The van der Waals surface area contributed by atoms with Crippen LogP contribution < -0.4 is 15.9 Å². The number of hydrogen-bond acceptors (Lipinski definition) is 5. The minimum Gasteiger partial charge on any atom is -0.482 e. The summed E-state index contributed by atoms with van der Waals surface area (Å²) in [5, 5.41) is 16.9. The lowest BCUT2D eigenvalue weighted by molar-refractivity contribution is -0.139. The minimum absolute atomic E-state index is 0.106. The van der Waals surface area contributed by atoms with Gasteiger partial charge < -0.3 is 15.6 Å². The largest absolute Gasteiger partial charge is 0.482 e. The van der Waals surface area contributed by atoms with Gasteiger partial charge in [0.1, 0.15) is 11.6 Å². The van der Waals surface area contributed by atoms with Crippen molar-refractivity contribution in [1.82, 2.24) is 10.4 Å². The topological polar surface area (TPSA) is 146 Å². The number of ether oxygens (including phenoxy) is 1. The second-order valence-electron chi connectivity index (χ2n) is 5.50. The Bertz CT molecular complexity index is 862. The predicted molar refractivity (Wildman–Crippen MR) is 96.6 cm³/mol. The molecule has 0 aliphatic rings. The van der Waals surface area contributed by atoms with Crippen molar-refractivity contribution in [3.63, 3.8) is 0 Å². The molecular formula is C18H18N4O5. The van der Waals surface area contributed by atoms with E-state index in [1.807, 2.05) is 0 Å². The van der Waals surface area contributed by atoms with Gasteiger partial charge in [0.2, 0.25) is 0 Å². The van der Waals surface area contributed by atoms with Crippen LogP contribution in [0.5, 0.6) is 5.75 Å². The standard InChI is InChI=1S/C18H18N4O5/c1-22(21-17(25)12-4-2-11(3-5-12)16(19)20)18(26)13-6-8-14(9-7-13)27-10-15(23)24/h2-9H,10H2,1H3,(H3,19,20)(H,21,25)(H,23,24). The Morgan fingerprint density at radius 3 is 2.07 bits per heavy atom. The summed E-state index contributed by atoms with van der Waals surface area (Å²) in [5.41, 5.74) is 8.88. The Labute approximate surface area is 154 Å². The fourth-order valence-electron chi connectivity index (χ4n) is 2.10. The van der Waals surface area contributed by atoms with Gasteiger partial charge in [-0.3, -0.25) is 25.4 Å². The van der Waals surface area contributed by atoms with Gasteiger partial charge in [-0.25, -0.2) is 4.79 Å². The maximum absolute atomic E-state index is 12.4. The molecule has 0 aliphatic carbocycles. The van der Waals surface area contributed by atoms with Gasteiger partial charge in [-0.15, -0.1) is 0 Å². The van der Waals surface area contributed by atoms with E-state index in [4.69, 9.17) is 21.0 Å². The van der Waals surface area contributed by atoms with Crippen molar-refractivity contribution in [3.05, 3.63) is 65.2 Å². The molecule has 9 heteroatoms. The third-order valence-corrected chi connectivity index (χ3v) is 3.50. The van der Waals surface area contributed by atoms with Crippen molar-refractivity contribution >= 4 is 23.6 Å². The Morgan fingerprint density at radius 2 is 1.56 bits per heavy atom. The van der Waals surface area contributed by atoms with Crippen LogP contribution in [0.4, 0.5) is 0 Å². The van der Waals surface area contributed by atoms with E-state index in [1.54, 1.807) is 0 Å². The number of nitrogens with one attached hydrogen (secondary N) is 2. The number of nitrogens with two attached hydrogens (primary N) is 1. The maximum atomic E-state index is 12.4. The lowest BCUT2D eigenvalue weighted by Gasteiger charge is -2.18. The maximum Gasteiger partial charge on any atom is 0.341 e. The van der Waals surface area contributed by atoms with Crippen LogP contribution in [0.1, 0.15) is 26.3 Å². The number of carboxylic acids is 1. The van der Waals surface area contributed by atoms with Crippen LogP contribution in [0, 0.1) is 5.41 Å². The molecule has 9 nitrogen and oxygen atoms in total. The van der Waals surface area contributed by atoms with Crippen LogP contribution in [-0.4, -0.2) is 47.4 Å². The zero-order valence-corrected chi connectivity index (χ0v) is 14.4. The zero-order valence-electron chi connectivity index (χ0n) is 14.4. The van der Waals surface area contributed by atoms with Gasteiger partial charge in [0.05, 0.1) is 0 Å². The summed E-state index contributed by atoms with van der Waals surface area (Å²) in [5.74, 6) is -1.86. The van der Waals surface area contributed by atoms with Gasteiger partial charge in [-0.1, -0.05) is 12.1 Å². The summed E-state index contributed by atoms with van der Waals surface area (Å²) >= 11 is 0. The summed E-state index contributed by atoms with van der Waals surface area (Å²) in [7, 11) is 1.40. The molecule has 0 heterocycles. The number of amidine groups is 1. The normalized spacial score (nSPS) is 9.96. The highest BCUT2D eigenvalue weighted by atomic mass is 16.5. The van der Waals surface area contributed by atoms with Crippen molar-refractivity contribution in [2.45, 2.75) is 0 Å². The number of hydrogen-bond donors (Lipinski definition) is 4. The molecule has 2 aromatic carbocycles. The quantitative estimate of drug-likeness (QED) is 0.337. The average molecular weight is 370 g/mol. The van der Waals surface area contributed by atoms with Crippen LogP contribution in [0.3, 0.4) is 0 Å². The van der Waals surface area contributed by atoms with E-state index in [0.29, 0.717) is 16.9 Å². The Balaban J connectivity index is 1.98. The highest BCUT2D eigenvalue weighted by molar-refractivity contribution is 6.00. The van der Waals surface area contributed by atoms with Crippen LogP contribution in [0.25, 0.3) is 0 Å². The highest BCUT2D eigenvalue weighted by Crippen LogP contribution is 2.13. The van der Waals surface area contributed by atoms with Gasteiger partial charge >= 0.3 is 5.97 Å². The summed E-state index contributed by atoms with van der Waals surface area (Å²) in [6.45, 7) is -0.480. The number of hydrazine groups is 1. The van der Waals surface area contributed by atoms with Gasteiger partial charge in [0.15, 0.2) is 6.61 Å². The molecule has 0 aromatic heterocycles. The molecule has 0 atom stereocenters. The fourth-order valence-corrected chi connectivity index (χ4v) is 2.10. The van der Waals surface area contributed by atoms with Crippen molar-refractivity contribution in [2.24, 2.45) is 5.73 Å². The molecule has 0 bridgehead atoms. The van der Waals surface area contributed by atoms with Crippen molar-refractivity contribution in [1.29, 1.82) is 5.41 Å². The molecule has 27 heavy (non-hydrogen) atoms. The smallest absolute Gasteiger partial charge is 0.341 e. The number of rotatable bonds is 6. The van der Waals surface area contributed by atoms with Crippen molar-refractivity contribution < 1.29 is 24.2 Å². The lowest BCUT2D eigenvalue weighted by atomic mass is 10.1. The van der Waals surface area contributed by atoms with E-state index in [0.717, 1.165) is 5.01 Å². The number of benzene rings is 2. The van der Waals surface area contributed by atoms with Gasteiger partial charge in [-0.2, -0.15) is 0 Å². The Hall–Kier alpha value is -3.88. The SMILES string of the molecule is CN(NC(=O)c1ccc(C(=N)N)cc1)C(=O)c1ccc(OCC(=O)O)cc1. The molecule has 140 valence electrons. The van der Waals surface area contributed by atoms with E-state index < -0.39 is 24.4 Å². The number of aliphatic carboxylic acids is 1. The van der Waals surface area contributed by atoms with Crippen molar-refractivity contribution in [3.8, 4) is 5.75 Å². The Morgan fingerprint density at radius 1 is 1.04 bits per heavy atom. The molecular weight excluding hydrogens is 352 g/mol. The van der Waals surface area contributed by atoms with Crippen LogP contribution in [0.15, 0.2) is 48.5 Å². The molecule has 2 rings (SSSR count). The van der Waals surface area contributed by atoms with E-state index in [1.165, 1.54) is 55.6 Å². The third-order valence-electron chi connectivity index (χ3n) is 3.50. The first-order valence-electron chi connectivity index (χ1n) is 7.76. The third kappa shape index (κ3) is 5.30. The molecule has 0 saturated heterocycles. The summed E-state index contributed by atoms with van der Waals surface area (Å²) in [6.07, 6.45) is 0. The second kappa shape index (κ2) is 8.48. The van der Waals surface area contributed by atoms with E-state index in [9.17, 15) is 14.4 Å². The number of carbonyl (C=O) groups is 3. The van der Waals surface area contributed by atoms with E-state index >= 15 is 0 Å². The fraction of sp³-hybridized carbons (Fsp3) is 0.111. The highest BCUT2D eigenvalue weighted by Gasteiger charge is 2.15. The molecule has 2 amide bonds. The molecule has 0 unspecified atom stereocenters. The van der Waals surface area contributed by atoms with Crippen LogP contribution in [0.2, 0.25) is 0 Å². The molecule has 0 saturated carbocycles. The molecule has 0 fully saturated rings. The number of carboxylic acid groups (broad SMARTS) is 1. The first kappa shape index (κ1) is 19.4. The first-order valence-corrected chi connectivity index (χ1v) is 7.76. The summed E-state index contributed by atoms with van der Waals surface area (Å²) in [4.78, 5) is 35.0. The van der Waals surface area contributed by atoms with Crippen LogP contribution >= 0.6 is 0 Å². The van der Waals surface area contributed by atoms with Crippen molar-refractivity contribution in [2.75, 3.05) is 13.7 Å². The summed E-state index contributed by atoms with van der Waals surface area (Å²) in [6, 6.07) is 11.9. The molecule has 2 aromatic rings. The first-order chi connectivity index (χ1) is 12.8. The molecule has 5 N–H and O–H groups in total. The van der Waals surface area contributed by atoms with Gasteiger partial charge in [0.25, 0.3) is 11.8 Å². The van der Waals surface area contributed by atoms with E-state index in [2.05, 4.69) is 5.43 Å². The van der Waals surface area contributed by atoms with E-state index in [-0.39, 0.29) is 11.4 Å². The monoisotopic (exact) mass is 370 g/mol. The minimum atomic E-state index is -1.10. The molecule has 0 radical (unpaired) electrons. The number of nitrogens with zero attached hydrogens (tertiary/aromatic N) is 1. The molecule has 0 aliphatic heterocycles.